The van der Waals surface area contributed by atoms with Crippen LogP contribution in [-0.4, -0.2) is 0 Å². The van der Waals surface area contributed by atoms with Gasteiger partial charge in [0.1, 0.15) is 11.2 Å². The first-order chi connectivity index (χ1) is 25.8. The molecule has 0 unspecified atom stereocenters. The molecule has 0 fully saturated rings. The normalized spacial score (nSPS) is 16.3. The van der Waals surface area contributed by atoms with Crippen LogP contribution in [0.4, 0.5) is 0 Å². The summed E-state index contributed by atoms with van der Waals surface area (Å²) in [6.45, 7) is 0. The number of rotatable bonds is 2. The number of furan rings is 1. The van der Waals surface area contributed by atoms with Crippen molar-refractivity contribution in [3.8, 4) is 22.3 Å². The Balaban J connectivity index is 1.65. The van der Waals surface area contributed by atoms with Crippen molar-refractivity contribution in [1.29, 1.82) is 0 Å². The second-order valence-corrected chi connectivity index (χ2v) is 9.86. The Hall–Kier alpha value is -5.40. The van der Waals surface area contributed by atoms with E-state index < -0.39 is 84.1 Å². The maximum absolute atomic E-state index is 9.37. The number of benzene rings is 8. The second kappa shape index (κ2) is 8.55. The van der Waals surface area contributed by atoms with E-state index in [1.54, 1.807) is 6.07 Å². The number of fused-ring (bicyclic) bond motifs is 9. The van der Waals surface area contributed by atoms with Crippen LogP contribution >= 0.6 is 0 Å². The fourth-order valence-corrected chi connectivity index (χ4v) is 6.09. The van der Waals surface area contributed by atoms with Crippen LogP contribution in [0, 0.1) is 0 Å². The highest BCUT2D eigenvalue weighted by molar-refractivity contribution is 6.31. The van der Waals surface area contributed by atoms with Gasteiger partial charge >= 0.3 is 0 Å². The van der Waals surface area contributed by atoms with Crippen molar-refractivity contribution in [2.75, 3.05) is 0 Å². The van der Waals surface area contributed by atoms with Crippen LogP contribution in [0.5, 0.6) is 0 Å². The van der Waals surface area contributed by atoms with Gasteiger partial charge in [-0.3, -0.25) is 0 Å². The minimum absolute atomic E-state index is 0.0224. The van der Waals surface area contributed by atoms with Crippen LogP contribution in [0.2, 0.25) is 0 Å². The Bertz CT molecular complexity index is 3090. The molecular weight excluding hydrogens is 496 g/mol. The van der Waals surface area contributed by atoms with Crippen LogP contribution in [0.15, 0.2) is 150 Å². The van der Waals surface area contributed by atoms with Crippen molar-refractivity contribution in [3.05, 3.63) is 145 Å². The molecule has 41 heavy (non-hydrogen) atoms. The standard InChI is InChI=1S/C40H24O/c1-2-13-26(14-3-1)36-30-18-8-10-20-32(30)37(33-21-11-9-19-31(33)36)34-24-27-15-5-7-17-29(27)39-38-28-16-6-4-12-25(28)22-23-35(38)41-40(34)39/h1-24H/i1D,2D,3D,8D,9D,10D,11D,13D,14D,18D,19D,20D,21D. The molecule has 0 aliphatic heterocycles. The SMILES string of the molecule is [2H]c1c([2H])c([2H])c(-c2c3c([2H])c([2H])c([2H])c([2H])c3c(-c3cc4ccccc4c4c3oc3ccc5ccccc5c34)c3c([2H])c([2H])c([2H])c([2H])c23)c([2H])c1[2H]. The molecule has 1 aromatic heterocycles. The van der Waals surface area contributed by atoms with Gasteiger partial charge in [0.15, 0.2) is 0 Å². The Morgan fingerprint density at radius 2 is 1.02 bits per heavy atom. The summed E-state index contributed by atoms with van der Waals surface area (Å²) in [5.74, 6) is 0. The van der Waals surface area contributed by atoms with Crippen molar-refractivity contribution in [2.24, 2.45) is 0 Å². The number of hydrogen-bond donors (Lipinski definition) is 0. The van der Waals surface area contributed by atoms with E-state index in [9.17, 15) is 5.48 Å². The molecule has 0 N–H and O–H groups in total. The molecular formula is C40H24O. The van der Waals surface area contributed by atoms with Gasteiger partial charge in [-0.25, -0.2) is 0 Å². The van der Waals surface area contributed by atoms with Crippen LogP contribution < -0.4 is 0 Å². The molecule has 0 atom stereocenters. The summed E-state index contributed by atoms with van der Waals surface area (Å²) in [6.07, 6.45) is 0. The van der Waals surface area contributed by atoms with Crippen LogP contribution in [-0.2, 0) is 0 Å². The van der Waals surface area contributed by atoms with Crippen molar-refractivity contribution >= 4 is 65.0 Å². The topological polar surface area (TPSA) is 13.1 Å². The lowest BCUT2D eigenvalue weighted by Crippen LogP contribution is -1.91. The molecule has 8 aromatic carbocycles. The zero-order valence-electron chi connectivity index (χ0n) is 34.3. The first-order valence-corrected chi connectivity index (χ1v) is 13.1. The summed E-state index contributed by atoms with van der Waals surface area (Å²) in [4.78, 5) is 0. The fraction of sp³-hybridized carbons (Fsp3) is 0. The highest BCUT2D eigenvalue weighted by Crippen LogP contribution is 2.48. The van der Waals surface area contributed by atoms with Gasteiger partial charge in [-0.2, -0.15) is 0 Å². The first-order valence-electron chi connectivity index (χ1n) is 19.6. The molecule has 0 saturated carbocycles. The molecule has 1 nitrogen and oxygen atoms in total. The first kappa shape index (κ1) is 13.3. The van der Waals surface area contributed by atoms with Crippen molar-refractivity contribution < 1.29 is 22.2 Å². The van der Waals surface area contributed by atoms with Gasteiger partial charge in [-0.1, -0.05) is 133 Å². The van der Waals surface area contributed by atoms with E-state index in [1.165, 1.54) is 0 Å². The summed E-state index contributed by atoms with van der Waals surface area (Å²) < 4.78 is 122. The van der Waals surface area contributed by atoms with Gasteiger partial charge in [0, 0.05) is 21.9 Å². The molecule has 0 aliphatic carbocycles. The molecule has 9 aromatic rings. The van der Waals surface area contributed by atoms with Gasteiger partial charge in [0.2, 0.25) is 0 Å². The minimum atomic E-state index is -0.719. The van der Waals surface area contributed by atoms with E-state index in [4.69, 9.17) is 16.8 Å². The van der Waals surface area contributed by atoms with Crippen molar-refractivity contribution in [3.63, 3.8) is 0 Å². The van der Waals surface area contributed by atoms with Gasteiger partial charge in [0.25, 0.3) is 0 Å². The number of hydrogen-bond acceptors (Lipinski definition) is 1. The summed E-state index contributed by atoms with van der Waals surface area (Å²) in [5, 5.41) is 3.99. The Kier molecular flexibility index (Phi) is 2.77. The molecule has 0 spiro atoms. The highest BCUT2D eigenvalue weighted by atomic mass is 16.3. The van der Waals surface area contributed by atoms with E-state index in [-0.39, 0.29) is 38.2 Å². The van der Waals surface area contributed by atoms with Crippen LogP contribution in [0.3, 0.4) is 0 Å². The highest BCUT2D eigenvalue weighted by Gasteiger charge is 2.22. The molecule has 0 amide bonds. The maximum Gasteiger partial charge on any atom is 0.143 e. The molecule has 9 rings (SSSR count). The minimum Gasteiger partial charge on any atom is -0.455 e. The summed E-state index contributed by atoms with van der Waals surface area (Å²) in [6, 6.07) is 12.4. The molecule has 0 aliphatic rings. The Morgan fingerprint density at radius 1 is 0.463 bits per heavy atom. The lowest BCUT2D eigenvalue weighted by Gasteiger charge is -2.18. The van der Waals surface area contributed by atoms with Crippen LogP contribution in [0.25, 0.3) is 87.3 Å². The van der Waals surface area contributed by atoms with Gasteiger partial charge in [-0.05, 0) is 66.3 Å². The molecule has 1 heteroatoms. The summed E-state index contributed by atoms with van der Waals surface area (Å²) in [5.41, 5.74) is 0.340. The maximum atomic E-state index is 9.37. The van der Waals surface area contributed by atoms with Gasteiger partial charge in [-0.15, -0.1) is 0 Å². The van der Waals surface area contributed by atoms with E-state index >= 15 is 0 Å². The van der Waals surface area contributed by atoms with E-state index in [0.29, 0.717) is 21.9 Å². The fourth-order valence-electron chi connectivity index (χ4n) is 6.09. The molecule has 190 valence electrons. The Morgan fingerprint density at radius 3 is 1.71 bits per heavy atom. The van der Waals surface area contributed by atoms with Crippen LogP contribution in [0.1, 0.15) is 17.8 Å². The lowest BCUT2D eigenvalue weighted by molar-refractivity contribution is 0.670. The third-order valence-electron chi connectivity index (χ3n) is 7.75. The predicted octanol–water partition coefficient (Wildman–Crippen LogP) is 11.5. The Labute approximate surface area is 255 Å². The average molecular weight is 534 g/mol. The zero-order valence-corrected chi connectivity index (χ0v) is 21.3. The molecule has 0 bridgehead atoms. The van der Waals surface area contributed by atoms with E-state index in [0.717, 1.165) is 21.5 Å². The zero-order chi connectivity index (χ0) is 38.2. The van der Waals surface area contributed by atoms with Crippen molar-refractivity contribution in [2.45, 2.75) is 0 Å². The second-order valence-electron chi connectivity index (χ2n) is 9.86. The van der Waals surface area contributed by atoms with E-state index in [1.807, 2.05) is 60.7 Å². The van der Waals surface area contributed by atoms with Crippen molar-refractivity contribution in [1.82, 2.24) is 0 Å². The predicted molar refractivity (Wildman–Crippen MR) is 175 cm³/mol. The summed E-state index contributed by atoms with van der Waals surface area (Å²) in [7, 11) is 0. The quantitative estimate of drug-likeness (QED) is 0.201. The third kappa shape index (κ3) is 3.18. The average Bonchev–Trinajstić information content (AvgIpc) is 3.59. The van der Waals surface area contributed by atoms with Gasteiger partial charge in [0.05, 0.1) is 17.8 Å². The smallest absolute Gasteiger partial charge is 0.143 e. The lowest BCUT2D eigenvalue weighted by atomic mass is 9.85. The van der Waals surface area contributed by atoms with Gasteiger partial charge < -0.3 is 4.42 Å². The largest absolute Gasteiger partial charge is 0.455 e. The van der Waals surface area contributed by atoms with E-state index in [2.05, 4.69) is 0 Å². The third-order valence-corrected chi connectivity index (χ3v) is 7.75. The monoisotopic (exact) mass is 533 g/mol. The molecule has 0 saturated heterocycles. The molecule has 0 radical (unpaired) electrons. The molecule has 1 heterocycles. The summed E-state index contributed by atoms with van der Waals surface area (Å²) >= 11 is 0.